The van der Waals surface area contributed by atoms with Gasteiger partial charge in [-0.3, -0.25) is 4.79 Å². The van der Waals surface area contributed by atoms with E-state index in [1.807, 2.05) is 24.3 Å². The van der Waals surface area contributed by atoms with E-state index < -0.39 is 0 Å². The number of ether oxygens (including phenoxy) is 1. The number of benzene rings is 1. The monoisotopic (exact) mass is 312 g/mol. The first-order chi connectivity index (χ1) is 10.1. The minimum Gasteiger partial charge on any atom is -0.494 e. The molecule has 21 heavy (non-hydrogen) atoms. The van der Waals surface area contributed by atoms with Gasteiger partial charge < -0.3 is 15.0 Å². The fraction of sp³-hybridized carbons (Fsp3) is 0.562. The average molecular weight is 313 g/mol. The lowest BCUT2D eigenvalue weighted by Crippen LogP contribution is -2.22. The van der Waals surface area contributed by atoms with Crippen molar-refractivity contribution in [1.82, 2.24) is 10.2 Å². The topological polar surface area (TPSA) is 41.6 Å². The van der Waals surface area contributed by atoms with E-state index in [0.29, 0.717) is 31.9 Å². The summed E-state index contributed by atoms with van der Waals surface area (Å²) >= 11 is 5.55. The summed E-state index contributed by atoms with van der Waals surface area (Å²) in [6, 6.07) is 7.83. The van der Waals surface area contributed by atoms with Crippen LogP contribution in [0.3, 0.4) is 0 Å². The number of hydrogen-bond acceptors (Lipinski definition) is 3. The normalized spacial score (nSPS) is 10.7. The second-order valence-electron chi connectivity index (χ2n) is 5.22. The van der Waals surface area contributed by atoms with Crippen molar-refractivity contribution in [2.75, 3.05) is 33.1 Å². The van der Waals surface area contributed by atoms with Gasteiger partial charge in [-0.25, -0.2) is 0 Å². The molecule has 0 radical (unpaired) electrons. The summed E-state index contributed by atoms with van der Waals surface area (Å²) in [5.41, 5.74) is 1.06. The summed E-state index contributed by atoms with van der Waals surface area (Å²) in [6.07, 6.45) is 2.20. The van der Waals surface area contributed by atoms with Crippen LogP contribution in [0.2, 0.25) is 0 Å². The van der Waals surface area contributed by atoms with Crippen molar-refractivity contribution >= 4 is 17.5 Å². The number of nitrogens with one attached hydrogen (secondary N) is 1. The summed E-state index contributed by atoms with van der Waals surface area (Å²) in [4.78, 5) is 13.6. The van der Waals surface area contributed by atoms with Crippen LogP contribution in [0.15, 0.2) is 24.3 Å². The van der Waals surface area contributed by atoms with Crippen LogP contribution in [-0.4, -0.2) is 43.9 Å². The van der Waals surface area contributed by atoms with Crippen LogP contribution in [-0.2, 0) is 11.3 Å². The predicted octanol–water partition coefficient (Wildman–Crippen LogP) is 2.65. The second kappa shape index (κ2) is 10.5. The molecule has 0 saturated carbocycles. The van der Waals surface area contributed by atoms with Crippen LogP contribution in [0.4, 0.5) is 0 Å². The Labute approximate surface area is 132 Å². The highest BCUT2D eigenvalue weighted by molar-refractivity contribution is 6.17. The molecule has 4 nitrogen and oxygen atoms in total. The van der Waals surface area contributed by atoms with E-state index >= 15 is 0 Å². The first kappa shape index (κ1) is 17.8. The molecule has 1 aromatic rings. The van der Waals surface area contributed by atoms with Gasteiger partial charge in [0.2, 0.25) is 5.91 Å². The van der Waals surface area contributed by atoms with E-state index in [1.54, 1.807) is 0 Å². The quantitative estimate of drug-likeness (QED) is 0.533. The molecule has 0 spiro atoms. The van der Waals surface area contributed by atoms with Crippen LogP contribution in [0, 0.1) is 0 Å². The van der Waals surface area contributed by atoms with Crippen molar-refractivity contribution in [1.29, 1.82) is 0 Å². The van der Waals surface area contributed by atoms with Gasteiger partial charge in [0, 0.05) is 25.4 Å². The van der Waals surface area contributed by atoms with Crippen molar-refractivity contribution in [3.05, 3.63) is 29.8 Å². The molecule has 0 bridgehead atoms. The Hall–Kier alpha value is -1.26. The lowest BCUT2D eigenvalue weighted by molar-refractivity contribution is -0.121. The van der Waals surface area contributed by atoms with Crippen LogP contribution in [0.25, 0.3) is 0 Å². The number of alkyl halides is 1. The maximum atomic E-state index is 11.5. The number of nitrogens with zero attached hydrogens (tertiary/aromatic N) is 1. The Morgan fingerprint density at radius 1 is 1.24 bits per heavy atom. The average Bonchev–Trinajstić information content (AvgIpc) is 2.48. The standard InChI is InChI=1S/C16H25ClN2O2/c1-19(2)11-4-12-21-15-8-6-14(7-9-15)13-18-16(20)5-3-10-17/h6-9H,3-5,10-13H2,1-2H3,(H,18,20). The zero-order valence-corrected chi connectivity index (χ0v) is 13.7. The summed E-state index contributed by atoms with van der Waals surface area (Å²) in [5.74, 6) is 1.43. The first-order valence-electron chi connectivity index (χ1n) is 7.31. The van der Waals surface area contributed by atoms with Crippen LogP contribution < -0.4 is 10.1 Å². The lowest BCUT2D eigenvalue weighted by atomic mass is 10.2. The number of rotatable bonds is 10. The highest BCUT2D eigenvalue weighted by atomic mass is 35.5. The first-order valence-corrected chi connectivity index (χ1v) is 7.84. The minimum absolute atomic E-state index is 0.0414. The molecule has 0 fully saturated rings. The molecule has 1 rings (SSSR count). The van der Waals surface area contributed by atoms with Gasteiger partial charge in [0.15, 0.2) is 0 Å². The minimum atomic E-state index is 0.0414. The Balaban J connectivity index is 2.25. The SMILES string of the molecule is CN(C)CCCOc1ccc(CNC(=O)CCCCl)cc1. The van der Waals surface area contributed by atoms with Gasteiger partial charge in [0.05, 0.1) is 6.61 Å². The van der Waals surface area contributed by atoms with Gasteiger partial charge >= 0.3 is 0 Å². The molecule has 0 unspecified atom stereocenters. The van der Waals surface area contributed by atoms with Crippen molar-refractivity contribution in [3.63, 3.8) is 0 Å². The van der Waals surface area contributed by atoms with E-state index in [9.17, 15) is 4.79 Å². The number of amides is 1. The molecule has 118 valence electrons. The summed E-state index contributed by atoms with van der Waals surface area (Å²) in [7, 11) is 4.10. The van der Waals surface area contributed by atoms with Gasteiger partial charge in [-0.15, -0.1) is 11.6 Å². The van der Waals surface area contributed by atoms with E-state index in [1.165, 1.54) is 0 Å². The molecular weight excluding hydrogens is 288 g/mol. The van der Waals surface area contributed by atoms with E-state index in [4.69, 9.17) is 16.3 Å². The van der Waals surface area contributed by atoms with E-state index in [0.717, 1.165) is 24.3 Å². The molecule has 0 aliphatic carbocycles. The number of carbonyl (C=O) groups excluding carboxylic acids is 1. The fourth-order valence-corrected chi connectivity index (χ4v) is 1.92. The van der Waals surface area contributed by atoms with Crippen LogP contribution >= 0.6 is 11.6 Å². The molecule has 0 atom stereocenters. The fourth-order valence-electron chi connectivity index (χ4n) is 1.79. The summed E-state index contributed by atoms with van der Waals surface area (Å²) < 4.78 is 5.66. The number of carbonyl (C=O) groups is 1. The third-order valence-corrected chi connectivity index (χ3v) is 3.24. The molecule has 0 aromatic heterocycles. The summed E-state index contributed by atoms with van der Waals surface area (Å²) in [5, 5.41) is 2.87. The third-order valence-electron chi connectivity index (χ3n) is 2.97. The van der Waals surface area contributed by atoms with Crippen LogP contribution in [0.1, 0.15) is 24.8 Å². The maximum Gasteiger partial charge on any atom is 0.220 e. The van der Waals surface area contributed by atoms with Crippen molar-refractivity contribution in [2.24, 2.45) is 0 Å². The zero-order valence-electron chi connectivity index (χ0n) is 12.9. The molecule has 5 heteroatoms. The molecule has 1 amide bonds. The van der Waals surface area contributed by atoms with E-state index in [-0.39, 0.29) is 5.91 Å². The zero-order chi connectivity index (χ0) is 15.5. The largest absolute Gasteiger partial charge is 0.494 e. The molecule has 0 heterocycles. The highest BCUT2D eigenvalue weighted by Crippen LogP contribution is 2.12. The Morgan fingerprint density at radius 2 is 1.95 bits per heavy atom. The van der Waals surface area contributed by atoms with Gasteiger partial charge in [-0.05, 0) is 44.6 Å². The van der Waals surface area contributed by atoms with Crippen molar-refractivity contribution in [3.8, 4) is 5.75 Å². The smallest absolute Gasteiger partial charge is 0.220 e. The van der Waals surface area contributed by atoms with Gasteiger partial charge in [-0.2, -0.15) is 0 Å². The molecule has 0 aliphatic rings. The van der Waals surface area contributed by atoms with Gasteiger partial charge in [-0.1, -0.05) is 12.1 Å². The third kappa shape index (κ3) is 8.58. The number of hydrogen-bond donors (Lipinski definition) is 1. The van der Waals surface area contributed by atoms with Crippen molar-refractivity contribution in [2.45, 2.75) is 25.8 Å². The maximum absolute atomic E-state index is 11.5. The summed E-state index contributed by atoms with van der Waals surface area (Å²) in [6.45, 7) is 2.28. The number of halogens is 1. The highest BCUT2D eigenvalue weighted by Gasteiger charge is 2.01. The van der Waals surface area contributed by atoms with Crippen molar-refractivity contribution < 1.29 is 9.53 Å². The molecular formula is C16H25ClN2O2. The van der Waals surface area contributed by atoms with Gasteiger partial charge in [0.1, 0.15) is 5.75 Å². The van der Waals surface area contributed by atoms with Crippen LogP contribution in [0.5, 0.6) is 5.75 Å². The Kier molecular flexibility index (Phi) is 8.87. The molecule has 0 saturated heterocycles. The second-order valence-corrected chi connectivity index (χ2v) is 5.60. The van der Waals surface area contributed by atoms with E-state index in [2.05, 4.69) is 24.3 Å². The predicted molar refractivity (Wildman–Crippen MR) is 86.9 cm³/mol. The lowest BCUT2D eigenvalue weighted by Gasteiger charge is -2.11. The van der Waals surface area contributed by atoms with Gasteiger partial charge in [0.25, 0.3) is 0 Å². The Morgan fingerprint density at radius 3 is 2.57 bits per heavy atom. The Bertz CT molecular complexity index is 407. The molecule has 0 aliphatic heterocycles. The molecule has 1 aromatic carbocycles. The molecule has 1 N–H and O–H groups in total.